The minimum atomic E-state index is 0.791. The number of aromatic amines is 1. The minimum Gasteiger partial charge on any atom is -0.454 e. The first-order chi connectivity index (χ1) is 26.3. The molecule has 0 fully saturated rings. The van der Waals surface area contributed by atoms with E-state index in [2.05, 4.69) is 155 Å². The van der Waals surface area contributed by atoms with Crippen molar-refractivity contribution >= 4 is 54.8 Å². The summed E-state index contributed by atoms with van der Waals surface area (Å²) in [6.45, 7) is 0. The molecule has 248 valence electrons. The summed E-state index contributed by atoms with van der Waals surface area (Å²) in [6, 6.07) is 59.5. The van der Waals surface area contributed by atoms with Crippen LogP contribution in [-0.4, -0.2) is 19.5 Å². The van der Waals surface area contributed by atoms with Gasteiger partial charge >= 0.3 is 0 Å². The summed E-state index contributed by atoms with van der Waals surface area (Å²) in [5, 5.41) is 4.52. The Kier molecular flexibility index (Phi) is 6.48. The third-order valence-electron chi connectivity index (χ3n) is 10.4. The second-order valence-electron chi connectivity index (χ2n) is 13.4. The van der Waals surface area contributed by atoms with Crippen LogP contribution in [0.3, 0.4) is 0 Å². The Hall–Kier alpha value is -7.24. The third-order valence-corrected chi connectivity index (χ3v) is 10.4. The van der Waals surface area contributed by atoms with E-state index in [1.165, 1.54) is 10.8 Å². The van der Waals surface area contributed by atoms with E-state index in [1.54, 1.807) is 0 Å². The van der Waals surface area contributed by atoms with Crippen molar-refractivity contribution in [3.8, 4) is 50.6 Å². The first kappa shape index (κ1) is 29.5. The summed E-state index contributed by atoms with van der Waals surface area (Å²) in [4.78, 5) is 14.2. The van der Waals surface area contributed by atoms with Crippen molar-refractivity contribution in [2.24, 2.45) is 0 Å². The van der Waals surface area contributed by atoms with Crippen molar-refractivity contribution in [1.29, 1.82) is 0 Å². The molecule has 11 aromatic rings. The number of hydrogen-bond acceptors (Lipinski definition) is 3. The highest BCUT2D eigenvalue weighted by atomic mass is 16.3. The molecule has 4 aromatic heterocycles. The SMILES string of the molecule is c1ccc(-c2ccccc2-n2c(-c3cccc4c3[nH]c3ccccc34)nc3c(-c4cccc(-c5nccc6c5oc5ccccc56)c4)cccc32)cc1. The smallest absolute Gasteiger partial charge is 0.161 e. The Morgan fingerprint density at radius 2 is 1.21 bits per heavy atom. The lowest BCUT2D eigenvalue weighted by Gasteiger charge is -2.15. The molecule has 0 radical (unpaired) electrons. The van der Waals surface area contributed by atoms with E-state index < -0.39 is 0 Å². The summed E-state index contributed by atoms with van der Waals surface area (Å²) in [6.07, 6.45) is 1.87. The number of nitrogens with one attached hydrogen (secondary N) is 1. The molecule has 53 heavy (non-hydrogen) atoms. The standard InChI is InChI=1S/C48H30N4O/c1-2-13-30(14-3-1)33-17-5-8-24-41(33)52-42-25-12-20-34(46(42)51-48(52)39-22-11-21-37-35-18-4-7-23-40(35)50-45(37)39)31-15-10-16-32(29-31)44-47-38(27-28-49-44)36-19-6-9-26-43(36)53-47/h1-29,50H. The van der Waals surface area contributed by atoms with Crippen LogP contribution in [0.2, 0.25) is 0 Å². The van der Waals surface area contributed by atoms with E-state index in [4.69, 9.17) is 14.4 Å². The summed E-state index contributed by atoms with van der Waals surface area (Å²) in [5.41, 5.74) is 14.1. The van der Waals surface area contributed by atoms with Gasteiger partial charge in [-0.1, -0.05) is 127 Å². The van der Waals surface area contributed by atoms with Gasteiger partial charge < -0.3 is 9.40 Å². The normalized spacial score (nSPS) is 11.8. The second kappa shape index (κ2) is 11.7. The molecule has 0 unspecified atom stereocenters. The van der Waals surface area contributed by atoms with E-state index in [0.29, 0.717) is 0 Å². The van der Waals surface area contributed by atoms with Crippen molar-refractivity contribution in [3.63, 3.8) is 0 Å². The number of H-pyrrole nitrogens is 1. The number of fused-ring (bicyclic) bond motifs is 7. The van der Waals surface area contributed by atoms with Crippen molar-refractivity contribution in [3.05, 3.63) is 176 Å². The quantitative estimate of drug-likeness (QED) is 0.197. The van der Waals surface area contributed by atoms with Gasteiger partial charge in [-0.2, -0.15) is 0 Å². The summed E-state index contributed by atoms with van der Waals surface area (Å²) >= 11 is 0. The maximum absolute atomic E-state index is 6.39. The molecule has 0 atom stereocenters. The van der Waals surface area contributed by atoms with Gasteiger partial charge in [0.05, 0.1) is 22.2 Å². The fraction of sp³-hybridized carbons (Fsp3) is 0. The molecule has 0 saturated carbocycles. The molecule has 0 amide bonds. The van der Waals surface area contributed by atoms with Crippen LogP contribution in [0.1, 0.15) is 0 Å². The highest BCUT2D eigenvalue weighted by molar-refractivity contribution is 6.12. The van der Waals surface area contributed by atoms with Crippen LogP contribution in [0, 0.1) is 0 Å². The number of para-hydroxylation sites is 5. The Labute approximate surface area is 304 Å². The van der Waals surface area contributed by atoms with Crippen molar-refractivity contribution in [1.82, 2.24) is 19.5 Å². The predicted octanol–water partition coefficient (Wildman–Crippen LogP) is 12.6. The minimum absolute atomic E-state index is 0.791. The van der Waals surface area contributed by atoms with Crippen LogP contribution in [-0.2, 0) is 0 Å². The Bertz CT molecular complexity index is 3180. The number of rotatable bonds is 5. The molecule has 11 rings (SSSR count). The maximum atomic E-state index is 6.39. The van der Waals surface area contributed by atoms with Crippen LogP contribution in [0.4, 0.5) is 0 Å². The lowest BCUT2D eigenvalue weighted by molar-refractivity contribution is 0.668. The Morgan fingerprint density at radius 1 is 0.509 bits per heavy atom. The fourth-order valence-electron chi connectivity index (χ4n) is 8.04. The van der Waals surface area contributed by atoms with Gasteiger partial charge in [0, 0.05) is 55.5 Å². The number of hydrogen-bond donors (Lipinski definition) is 1. The van der Waals surface area contributed by atoms with E-state index in [-0.39, 0.29) is 0 Å². The average molecular weight is 679 g/mol. The van der Waals surface area contributed by atoms with Gasteiger partial charge in [-0.3, -0.25) is 9.55 Å². The molecule has 0 aliphatic rings. The first-order valence-electron chi connectivity index (χ1n) is 17.8. The lowest BCUT2D eigenvalue weighted by atomic mass is 9.99. The van der Waals surface area contributed by atoms with Crippen LogP contribution in [0.5, 0.6) is 0 Å². The van der Waals surface area contributed by atoms with E-state index in [0.717, 1.165) is 94.6 Å². The predicted molar refractivity (Wildman–Crippen MR) is 217 cm³/mol. The molecule has 4 heterocycles. The van der Waals surface area contributed by atoms with Crippen molar-refractivity contribution < 1.29 is 4.42 Å². The zero-order valence-electron chi connectivity index (χ0n) is 28.5. The monoisotopic (exact) mass is 678 g/mol. The molecular formula is C48H30N4O. The average Bonchev–Trinajstić information content (AvgIpc) is 3.93. The maximum Gasteiger partial charge on any atom is 0.161 e. The van der Waals surface area contributed by atoms with Gasteiger partial charge in [0.1, 0.15) is 17.1 Å². The van der Waals surface area contributed by atoms with Gasteiger partial charge in [0.25, 0.3) is 0 Å². The van der Waals surface area contributed by atoms with Crippen molar-refractivity contribution in [2.45, 2.75) is 0 Å². The number of imidazole rings is 1. The number of furan rings is 1. The topological polar surface area (TPSA) is 59.6 Å². The van der Waals surface area contributed by atoms with Gasteiger partial charge in [0.15, 0.2) is 5.58 Å². The van der Waals surface area contributed by atoms with E-state index in [1.807, 2.05) is 30.5 Å². The molecule has 1 N–H and O–H groups in total. The van der Waals surface area contributed by atoms with E-state index in [9.17, 15) is 0 Å². The molecular weight excluding hydrogens is 649 g/mol. The van der Waals surface area contributed by atoms with Gasteiger partial charge in [-0.15, -0.1) is 0 Å². The van der Waals surface area contributed by atoms with Crippen LogP contribution in [0.15, 0.2) is 180 Å². The van der Waals surface area contributed by atoms with E-state index >= 15 is 0 Å². The highest BCUT2D eigenvalue weighted by Crippen LogP contribution is 2.41. The largest absolute Gasteiger partial charge is 0.454 e. The van der Waals surface area contributed by atoms with Crippen molar-refractivity contribution in [2.75, 3.05) is 0 Å². The van der Waals surface area contributed by atoms with Gasteiger partial charge in [0.2, 0.25) is 0 Å². The second-order valence-corrected chi connectivity index (χ2v) is 13.4. The first-order valence-corrected chi connectivity index (χ1v) is 17.8. The van der Waals surface area contributed by atoms with Gasteiger partial charge in [-0.05, 0) is 53.6 Å². The third kappa shape index (κ3) is 4.57. The van der Waals surface area contributed by atoms with Gasteiger partial charge in [-0.25, -0.2) is 4.98 Å². The number of nitrogens with zero attached hydrogens (tertiary/aromatic N) is 3. The molecule has 0 saturated heterocycles. The van der Waals surface area contributed by atoms with Crippen LogP contribution < -0.4 is 0 Å². The molecule has 5 heteroatoms. The molecule has 0 aliphatic heterocycles. The van der Waals surface area contributed by atoms with Crippen LogP contribution in [0.25, 0.3) is 105 Å². The zero-order valence-corrected chi connectivity index (χ0v) is 28.5. The molecule has 7 aromatic carbocycles. The molecule has 0 bridgehead atoms. The zero-order chi connectivity index (χ0) is 34.9. The Morgan fingerprint density at radius 3 is 2.15 bits per heavy atom. The lowest BCUT2D eigenvalue weighted by Crippen LogP contribution is -2.00. The number of aromatic nitrogens is 4. The highest BCUT2D eigenvalue weighted by Gasteiger charge is 2.22. The molecule has 5 nitrogen and oxygen atoms in total. The number of pyridine rings is 1. The molecule has 0 spiro atoms. The van der Waals surface area contributed by atoms with Crippen LogP contribution >= 0.6 is 0 Å². The summed E-state index contributed by atoms with van der Waals surface area (Å²) in [7, 11) is 0. The number of benzene rings is 7. The summed E-state index contributed by atoms with van der Waals surface area (Å²) < 4.78 is 8.73. The molecule has 0 aliphatic carbocycles. The summed E-state index contributed by atoms with van der Waals surface area (Å²) in [5.74, 6) is 0.873. The Balaban J connectivity index is 1.17. The fourth-order valence-corrected chi connectivity index (χ4v) is 8.04.